The quantitative estimate of drug-likeness (QED) is 0.929. The zero-order chi connectivity index (χ0) is 13.3. The number of amides is 1. The number of nitrogens with two attached hydrogens (primary N) is 1. The van der Waals surface area contributed by atoms with Gasteiger partial charge < -0.3 is 10.6 Å². The fraction of sp³-hybridized carbons (Fsp3) is 0.500. The molecule has 2 N–H and O–H groups in total. The summed E-state index contributed by atoms with van der Waals surface area (Å²) in [6.07, 6.45) is 2.14. The van der Waals surface area contributed by atoms with Crippen molar-refractivity contribution in [2.75, 3.05) is 7.05 Å². The lowest BCUT2D eigenvalue weighted by Gasteiger charge is -2.29. The van der Waals surface area contributed by atoms with Crippen LogP contribution in [0.2, 0.25) is 0 Å². The molecular weight excluding hydrogens is 292 g/mol. The molecule has 1 aliphatic carbocycles. The molecule has 0 saturated heterocycles. The molecule has 2 rings (SSSR count). The van der Waals surface area contributed by atoms with Crippen LogP contribution in [-0.4, -0.2) is 23.4 Å². The van der Waals surface area contributed by atoms with Crippen molar-refractivity contribution in [1.29, 1.82) is 0 Å². The number of hydrogen-bond acceptors (Lipinski definition) is 2. The van der Waals surface area contributed by atoms with Crippen LogP contribution in [0.1, 0.15) is 25.3 Å². The molecule has 1 atom stereocenters. The Morgan fingerprint density at radius 3 is 2.67 bits per heavy atom. The predicted molar refractivity (Wildman–Crippen MR) is 75.9 cm³/mol. The number of carbonyl (C=O) groups excluding carboxylic acids is 1. The molecule has 0 bridgehead atoms. The highest BCUT2D eigenvalue weighted by Crippen LogP contribution is 2.39. The summed E-state index contributed by atoms with van der Waals surface area (Å²) in [6, 6.07) is 7.93. The first-order valence-corrected chi connectivity index (χ1v) is 7.00. The highest BCUT2D eigenvalue weighted by Gasteiger charge is 2.45. The molecule has 1 aliphatic rings. The molecule has 1 aromatic carbocycles. The number of nitrogens with zero attached hydrogens (tertiary/aromatic N) is 1. The van der Waals surface area contributed by atoms with E-state index in [9.17, 15) is 4.79 Å². The maximum absolute atomic E-state index is 12.3. The lowest BCUT2D eigenvalue weighted by Crippen LogP contribution is -2.53. The lowest BCUT2D eigenvalue weighted by atomic mass is 9.95. The van der Waals surface area contributed by atoms with Gasteiger partial charge in [0.1, 0.15) is 0 Å². The summed E-state index contributed by atoms with van der Waals surface area (Å²) < 4.78 is 1.02. The summed E-state index contributed by atoms with van der Waals surface area (Å²) in [5.41, 5.74) is 6.54. The van der Waals surface area contributed by atoms with Gasteiger partial charge in [-0.1, -0.05) is 34.1 Å². The van der Waals surface area contributed by atoms with Crippen molar-refractivity contribution in [3.8, 4) is 0 Å². The smallest absolute Gasteiger partial charge is 0.242 e. The number of rotatable bonds is 4. The van der Waals surface area contributed by atoms with Crippen LogP contribution >= 0.6 is 15.9 Å². The van der Waals surface area contributed by atoms with Crippen LogP contribution in [0.5, 0.6) is 0 Å². The van der Waals surface area contributed by atoms with Gasteiger partial charge in [-0.2, -0.15) is 0 Å². The van der Waals surface area contributed by atoms with Crippen molar-refractivity contribution in [2.24, 2.45) is 11.7 Å². The topological polar surface area (TPSA) is 46.3 Å². The number of likely N-dealkylation sites (N-methyl/N-ethyl adjacent to an activating group) is 1. The van der Waals surface area contributed by atoms with Gasteiger partial charge in [0.25, 0.3) is 0 Å². The van der Waals surface area contributed by atoms with Crippen LogP contribution in [0.4, 0.5) is 0 Å². The molecule has 1 fully saturated rings. The Kier molecular flexibility index (Phi) is 3.78. The monoisotopic (exact) mass is 310 g/mol. The maximum atomic E-state index is 12.3. The SMILES string of the molecule is CN(Cc1ccccc1Br)C(=O)C(C)(N)C1CC1. The van der Waals surface area contributed by atoms with Gasteiger partial charge in [-0.3, -0.25) is 4.79 Å². The minimum atomic E-state index is -0.712. The molecule has 1 amide bonds. The lowest BCUT2D eigenvalue weighted by molar-refractivity contribution is -0.136. The van der Waals surface area contributed by atoms with E-state index >= 15 is 0 Å². The Morgan fingerprint density at radius 2 is 2.11 bits per heavy atom. The van der Waals surface area contributed by atoms with E-state index in [-0.39, 0.29) is 5.91 Å². The first-order chi connectivity index (χ1) is 8.43. The van der Waals surface area contributed by atoms with Crippen LogP contribution in [0, 0.1) is 5.92 Å². The van der Waals surface area contributed by atoms with E-state index < -0.39 is 5.54 Å². The summed E-state index contributed by atoms with van der Waals surface area (Å²) in [6.45, 7) is 2.43. The third-order valence-electron chi connectivity index (χ3n) is 3.60. The van der Waals surface area contributed by atoms with Crippen molar-refractivity contribution in [3.05, 3.63) is 34.3 Å². The molecule has 0 heterocycles. The van der Waals surface area contributed by atoms with E-state index in [1.807, 2.05) is 38.2 Å². The van der Waals surface area contributed by atoms with Gasteiger partial charge in [0.15, 0.2) is 0 Å². The Morgan fingerprint density at radius 1 is 1.50 bits per heavy atom. The van der Waals surface area contributed by atoms with E-state index in [0.717, 1.165) is 22.9 Å². The van der Waals surface area contributed by atoms with Crippen LogP contribution in [0.3, 0.4) is 0 Å². The fourth-order valence-electron chi connectivity index (χ4n) is 2.22. The molecule has 3 nitrogen and oxygen atoms in total. The van der Waals surface area contributed by atoms with Gasteiger partial charge in [0.05, 0.1) is 5.54 Å². The van der Waals surface area contributed by atoms with Crippen molar-refractivity contribution in [2.45, 2.75) is 31.8 Å². The van der Waals surface area contributed by atoms with Crippen molar-refractivity contribution in [1.82, 2.24) is 4.90 Å². The Bertz CT molecular complexity index is 455. The molecule has 1 saturated carbocycles. The molecule has 1 unspecified atom stereocenters. The number of halogens is 1. The molecule has 18 heavy (non-hydrogen) atoms. The molecule has 0 spiro atoms. The fourth-order valence-corrected chi connectivity index (χ4v) is 2.63. The number of carbonyl (C=O) groups is 1. The number of hydrogen-bond donors (Lipinski definition) is 1. The van der Waals surface area contributed by atoms with Gasteiger partial charge in [-0.25, -0.2) is 0 Å². The summed E-state index contributed by atoms with van der Waals surface area (Å²) >= 11 is 3.50. The summed E-state index contributed by atoms with van der Waals surface area (Å²) in [7, 11) is 1.81. The van der Waals surface area contributed by atoms with Crippen LogP contribution in [0.25, 0.3) is 0 Å². The third kappa shape index (κ3) is 2.75. The Balaban J connectivity index is 2.06. The Labute approximate surface area is 116 Å². The predicted octanol–water partition coefficient (Wildman–Crippen LogP) is 2.53. The van der Waals surface area contributed by atoms with Crippen molar-refractivity contribution in [3.63, 3.8) is 0 Å². The maximum Gasteiger partial charge on any atom is 0.242 e. The van der Waals surface area contributed by atoms with E-state index in [1.165, 1.54) is 0 Å². The molecule has 0 aliphatic heterocycles. The second-order valence-corrected chi connectivity index (χ2v) is 6.16. The second kappa shape index (κ2) is 5.02. The van der Waals surface area contributed by atoms with Crippen LogP contribution in [0.15, 0.2) is 28.7 Å². The average molecular weight is 311 g/mol. The minimum Gasteiger partial charge on any atom is -0.340 e. The molecule has 1 aromatic rings. The summed E-state index contributed by atoms with van der Waals surface area (Å²) in [5, 5.41) is 0. The second-order valence-electron chi connectivity index (χ2n) is 5.31. The van der Waals surface area contributed by atoms with Crippen molar-refractivity contribution >= 4 is 21.8 Å². The standard InChI is InChI=1S/C14H19BrN2O/c1-14(16,11-7-8-11)13(18)17(2)9-10-5-3-4-6-12(10)15/h3-6,11H,7-9,16H2,1-2H3. The minimum absolute atomic E-state index is 0.0285. The molecule has 0 aromatic heterocycles. The highest BCUT2D eigenvalue weighted by atomic mass is 79.9. The van der Waals surface area contributed by atoms with Gasteiger partial charge in [0.2, 0.25) is 5.91 Å². The molecule has 0 radical (unpaired) electrons. The first kappa shape index (κ1) is 13.6. The molecule has 98 valence electrons. The van der Waals surface area contributed by atoms with Gasteiger partial charge >= 0.3 is 0 Å². The first-order valence-electron chi connectivity index (χ1n) is 6.20. The average Bonchev–Trinajstić information content (AvgIpc) is 3.15. The largest absolute Gasteiger partial charge is 0.340 e. The molecule has 4 heteroatoms. The van der Waals surface area contributed by atoms with Gasteiger partial charge in [-0.15, -0.1) is 0 Å². The zero-order valence-electron chi connectivity index (χ0n) is 10.8. The summed E-state index contributed by atoms with van der Waals surface area (Å²) in [5.74, 6) is 0.382. The van der Waals surface area contributed by atoms with E-state index in [4.69, 9.17) is 5.73 Å². The van der Waals surface area contributed by atoms with Crippen LogP contribution < -0.4 is 5.73 Å². The Hall–Kier alpha value is -0.870. The molecular formula is C14H19BrN2O. The van der Waals surface area contributed by atoms with E-state index in [1.54, 1.807) is 4.90 Å². The normalized spacial score (nSPS) is 18.2. The van der Waals surface area contributed by atoms with Gasteiger partial charge in [-0.05, 0) is 37.3 Å². The highest BCUT2D eigenvalue weighted by molar-refractivity contribution is 9.10. The number of benzene rings is 1. The third-order valence-corrected chi connectivity index (χ3v) is 4.37. The van der Waals surface area contributed by atoms with Gasteiger partial charge in [0, 0.05) is 18.1 Å². The van der Waals surface area contributed by atoms with E-state index in [2.05, 4.69) is 15.9 Å². The summed E-state index contributed by atoms with van der Waals surface area (Å²) in [4.78, 5) is 14.1. The van der Waals surface area contributed by atoms with Crippen molar-refractivity contribution < 1.29 is 4.79 Å². The zero-order valence-corrected chi connectivity index (χ0v) is 12.4. The van der Waals surface area contributed by atoms with Crippen LogP contribution in [-0.2, 0) is 11.3 Å². The van der Waals surface area contributed by atoms with E-state index in [0.29, 0.717) is 12.5 Å².